The van der Waals surface area contributed by atoms with Gasteiger partial charge in [0.15, 0.2) is 0 Å². The summed E-state index contributed by atoms with van der Waals surface area (Å²) in [5, 5.41) is 3.69. The highest BCUT2D eigenvalue weighted by molar-refractivity contribution is 4.81. The second-order valence-electron chi connectivity index (χ2n) is 6.37. The Morgan fingerprint density at radius 1 is 1.25 bits per heavy atom. The van der Waals surface area contributed by atoms with Crippen LogP contribution in [0.25, 0.3) is 0 Å². The van der Waals surface area contributed by atoms with Crippen LogP contribution in [0.1, 0.15) is 40.0 Å². The Balaban J connectivity index is 2.25. The quantitative estimate of drug-likeness (QED) is 0.659. The highest BCUT2D eigenvalue weighted by Crippen LogP contribution is 2.13. The Bertz CT molecular complexity index is 237. The Kier molecular flexibility index (Phi) is 9.44. The van der Waals surface area contributed by atoms with E-state index in [9.17, 15) is 0 Å². The summed E-state index contributed by atoms with van der Waals surface area (Å²) < 4.78 is 10.7. The normalized spacial score (nSPS) is 25.1. The van der Waals surface area contributed by atoms with Gasteiger partial charge < -0.3 is 14.8 Å². The van der Waals surface area contributed by atoms with E-state index in [-0.39, 0.29) is 0 Å². The van der Waals surface area contributed by atoms with Crippen LogP contribution in [0.2, 0.25) is 0 Å². The number of methoxy groups -OCH3 is 1. The molecule has 0 radical (unpaired) electrons. The molecule has 120 valence electrons. The van der Waals surface area contributed by atoms with E-state index in [4.69, 9.17) is 9.47 Å². The maximum Gasteiger partial charge on any atom is 0.0593 e. The molecule has 0 spiro atoms. The maximum atomic E-state index is 5.70. The standard InChI is InChI=1S/C16H34N2O2/c1-14(2)12-16-13-18(15(3)6-7-17-16)8-11-20-10-5-9-19-4/h14-17H,5-13H2,1-4H3. The van der Waals surface area contributed by atoms with Gasteiger partial charge in [-0.2, -0.15) is 0 Å². The summed E-state index contributed by atoms with van der Waals surface area (Å²) in [6.45, 7) is 12.7. The van der Waals surface area contributed by atoms with Crippen LogP contribution in [0.5, 0.6) is 0 Å². The molecule has 1 rings (SSSR count). The van der Waals surface area contributed by atoms with Crippen molar-refractivity contribution in [2.45, 2.75) is 52.1 Å². The molecule has 1 saturated heterocycles. The summed E-state index contributed by atoms with van der Waals surface area (Å²) >= 11 is 0. The lowest BCUT2D eigenvalue weighted by molar-refractivity contribution is 0.0730. The van der Waals surface area contributed by atoms with Crippen LogP contribution < -0.4 is 5.32 Å². The number of nitrogens with one attached hydrogen (secondary N) is 1. The van der Waals surface area contributed by atoms with Crippen LogP contribution in [0, 0.1) is 5.92 Å². The third-order valence-electron chi connectivity index (χ3n) is 3.99. The van der Waals surface area contributed by atoms with Gasteiger partial charge in [0.2, 0.25) is 0 Å². The zero-order valence-corrected chi connectivity index (χ0v) is 13.9. The van der Waals surface area contributed by atoms with Crippen LogP contribution in [0.15, 0.2) is 0 Å². The van der Waals surface area contributed by atoms with Crippen molar-refractivity contribution in [2.75, 3.05) is 46.6 Å². The highest BCUT2D eigenvalue weighted by atomic mass is 16.5. The van der Waals surface area contributed by atoms with Gasteiger partial charge in [-0.15, -0.1) is 0 Å². The molecular formula is C16H34N2O2. The molecule has 4 heteroatoms. The van der Waals surface area contributed by atoms with Gasteiger partial charge in [0.05, 0.1) is 6.61 Å². The Hall–Kier alpha value is -0.160. The second-order valence-corrected chi connectivity index (χ2v) is 6.37. The number of hydrogen-bond acceptors (Lipinski definition) is 4. The first-order valence-electron chi connectivity index (χ1n) is 8.17. The zero-order valence-electron chi connectivity index (χ0n) is 13.9. The van der Waals surface area contributed by atoms with Gasteiger partial charge in [-0.05, 0) is 38.6 Å². The molecule has 0 aromatic carbocycles. The van der Waals surface area contributed by atoms with Gasteiger partial charge in [-0.25, -0.2) is 0 Å². The molecule has 4 nitrogen and oxygen atoms in total. The van der Waals surface area contributed by atoms with Crippen LogP contribution in [-0.2, 0) is 9.47 Å². The van der Waals surface area contributed by atoms with Crippen LogP contribution in [0.3, 0.4) is 0 Å². The van der Waals surface area contributed by atoms with Crippen molar-refractivity contribution < 1.29 is 9.47 Å². The predicted octanol–water partition coefficient (Wildman–Crippen LogP) is 2.14. The summed E-state index contributed by atoms with van der Waals surface area (Å²) in [5.74, 6) is 0.757. The topological polar surface area (TPSA) is 33.7 Å². The predicted molar refractivity (Wildman–Crippen MR) is 84.2 cm³/mol. The van der Waals surface area contributed by atoms with Crippen molar-refractivity contribution in [3.05, 3.63) is 0 Å². The van der Waals surface area contributed by atoms with Crippen LogP contribution >= 0.6 is 0 Å². The van der Waals surface area contributed by atoms with E-state index >= 15 is 0 Å². The molecule has 1 aliphatic rings. The third-order valence-corrected chi connectivity index (χ3v) is 3.99. The minimum Gasteiger partial charge on any atom is -0.385 e. The molecule has 2 atom stereocenters. The lowest BCUT2D eigenvalue weighted by atomic mass is 10.0. The average Bonchev–Trinajstić information content (AvgIpc) is 2.55. The lowest BCUT2D eigenvalue weighted by Gasteiger charge is -2.29. The van der Waals surface area contributed by atoms with E-state index in [2.05, 4.69) is 31.0 Å². The van der Waals surface area contributed by atoms with Crippen molar-refractivity contribution in [3.63, 3.8) is 0 Å². The summed E-state index contributed by atoms with van der Waals surface area (Å²) in [7, 11) is 1.74. The van der Waals surface area contributed by atoms with E-state index in [1.807, 2.05) is 0 Å². The highest BCUT2D eigenvalue weighted by Gasteiger charge is 2.22. The minimum atomic E-state index is 0.633. The first kappa shape index (κ1) is 17.9. The number of nitrogens with zero attached hydrogens (tertiary/aromatic N) is 1. The Morgan fingerprint density at radius 3 is 2.75 bits per heavy atom. The SMILES string of the molecule is COCCCOCCN1CC(CC(C)C)NCCC1C. The maximum absolute atomic E-state index is 5.70. The average molecular weight is 286 g/mol. The van der Waals surface area contributed by atoms with E-state index < -0.39 is 0 Å². The summed E-state index contributed by atoms with van der Waals surface area (Å²) in [6.07, 6.45) is 3.49. The summed E-state index contributed by atoms with van der Waals surface area (Å²) in [5.41, 5.74) is 0. The zero-order chi connectivity index (χ0) is 14.8. The molecule has 0 saturated carbocycles. The fourth-order valence-electron chi connectivity index (χ4n) is 2.83. The largest absolute Gasteiger partial charge is 0.385 e. The molecule has 0 aromatic heterocycles. The molecule has 0 amide bonds. The van der Waals surface area contributed by atoms with E-state index in [0.717, 1.165) is 51.8 Å². The van der Waals surface area contributed by atoms with Crippen molar-refractivity contribution in [2.24, 2.45) is 5.92 Å². The first-order chi connectivity index (χ1) is 9.63. The summed E-state index contributed by atoms with van der Waals surface area (Å²) in [4.78, 5) is 2.59. The molecule has 0 bridgehead atoms. The molecule has 1 heterocycles. The molecular weight excluding hydrogens is 252 g/mol. The minimum absolute atomic E-state index is 0.633. The molecule has 1 aliphatic heterocycles. The Morgan fingerprint density at radius 2 is 2.05 bits per heavy atom. The molecule has 20 heavy (non-hydrogen) atoms. The monoisotopic (exact) mass is 286 g/mol. The van der Waals surface area contributed by atoms with E-state index in [0.29, 0.717) is 12.1 Å². The molecule has 0 aliphatic carbocycles. The van der Waals surface area contributed by atoms with Crippen molar-refractivity contribution >= 4 is 0 Å². The van der Waals surface area contributed by atoms with Gasteiger partial charge in [-0.1, -0.05) is 13.8 Å². The van der Waals surface area contributed by atoms with Crippen molar-refractivity contribution in [1.82, 2.24) is 10.2 Å². The molecule has 1 N–H and O–H groups in total. The van der Waals surface area contributed by atoms with Gasteiger partial charge in [0.25, 0.3) is 0 Å². The van der Waals surface area contributed by atoms with Gasteiger partial charge in [-0.3, -0.25) is 4.90 Å². The number of ether oxygens (including phenoxy) is 2. The van der Waals surface area contributed by atoms with Crippen molar-refractivity contribution in [1.29, 1.82) is 0 Å². The van der Waals surface area contributed by atoms with Crippen LogP contribution in [0.4, 0.5) is 0 Å². The van der Waals surface area contributed by atoms with E-state index in [1.165, 1.54) is 12.8 Å². The third kappa shape index (κ3) is 7.58. The van der Waals surface area contributed by atoms with Gasteiger partial charge in [0.1, 0.15) is 0 Å². The number of hydrogen-bond donors (Lipinski definition) is 1. The fraction of sp³-hybridized carbons (Fsp3) is 1.00. The van der Waals surface area contributed by atoms with Gasteiger partial charge >= 0.3 is 0 Å². The molecule has 0 aromatic rings. The fourth-order valence-corrected chi connectivity index (χ4v) is 2.83. The lowest BCUT2D eigenvalue weighted by Crippen LogP contribution is -2.42. The van der Waals surface area contributed by atoms with Crippen LogP contribution in [-0.4, -0.2) is 63.5 Å². The van der Waals surface area contributed by atoms with Gasteiger partial charge in [0, 0.05) is 45.5 Å². The first-order valence-corrected chi connectivity index (χ1v) is 8.17. The summed E-state index contributed by atoms with van der Waals surface area (Å²) in [6, 6.07) is 1.29. The molecule has 2 unspecified atom stereocenters. The van der Waals surface area contributed by atoms with E-state index in [1.54, 1.807) is 7.11 Å². The second kappa shape index (κ2) is 10.6. The Labute approximate surface area is 125 Å². The molecule has 1 fully saturated rings. The van der Waals surface area contributed by atoms with Crippen molar-refractivity contribution in [3.8, 4) is 0 Å². The smallest absolute Gasteiger partial charge is 0.0593 e. The number of rotatable bonds is 9.